The van der Waals surface area contributed by atoms with E-state index in [1.807, 2.05) is 12.3 Å². The van der Waals surface area contributed by atoms with Gasteiger partial charge in [0, 0.05) is 29.7 Å². The maximum atomic E-state index is 5.91. The highest BCUT2D eigenvalue weighted by atomic mass is 79.9. The van der Waals surface area contributed by atoms with Crippen molar-refractivity contribution in [2.75, 3.05) is 18.2 Å². The van der Waals surface area contributed by atoms with E-state index < -0.39 is 0 Å². The Morgan fingerprint density at radius 3 is 2.80 bits per heavy atom. The molecule has 0 atom stereocenters. The van der Waals surface area contributed by atoms with Gasteiger partial charge in [-0.2, -0.15) is 0 Å². The van der Waals surface area contributed by atoms with Crippen molar-refractivity contribution in [3.05, 3.63) is 44.6 Å². The Balaban J connectivity index is 2.34. The monoisotopic (exact) mass is 386 g/mol. The fourth-order valence-electron chi connectivity index (χ4n) is 2.04. The van der Waals surface area contributed by atoms with Crippen LogP contribution in [0, 0.1) is 0 Å². The van der Waals surface area contributed by atoms with Crippen molar-refractivity contribution >= 4 is 61.9 Å². The third kappa shape index (κ3) is 3.55. The van der Waals surface area contributed by atoms with Crippen molar-refractivity contribution in [1.29, 1.82) is 0 Å². The lowest BCUT2D eigenvalue weighted by Gasteiger charge is -2.23. The Morgan fingerprint density at radius 1 is 1.50 bits per heavy atom. The van der Waals surface area contributed by atoms with Gasteiger partial charge >= 0.3 is 0 Å². The summed E-state index contributed by atoms with van der Waals surface area (Å²) in [6, 6.07) is 8.30. The van der Waals surface area contributed by atoms with E-state index in [4.69, 9.17) is 18.0 Å². The van der Waals surface area contributed by atoms with Gasteiger partial charge in [-0.25, -0.2) is 0 Å². The second kappa shape index (κ2) is 6.93. The summed E-state index contributed by atoms with van der Waals surface area (Å²) in [5, 5.41) is 2.15. The molecule has 0 spiro atoms. The average molecular weight is 387 g/mol. The summed E-state index contributed by atoms with van der Waals surface area (Å²) in [5.41, 5.74) is 9.22. The molecule has 0 radical (unpaired) electrons. The topological polar surface area (TPSA) is 29.3 Å². The minimum atomic E-state index is 0.447. The van der Waals surface area contributed by atoms with Crippen molar-refractivity contribution in [2.24, 2.45) is 5.73 Å². The molecule has 2 N–H and O–H groups in total. The lowest BCUT2D eigenvalue weighted by Crippen LogP contribution is -2.22. The highest BCUT2D eigenvalue weighted by Gasteiger charge is 2.14. The molecule has 0 fully saturated rings. The van der Waals surface area contributed by atoms with E-state index in [1.165, 1.54) is 5.56 Å². The zero-order valence-electron chi connectivity index (χ0n) is 11.2. The maximum Gasteiger partial charge on any atom is 0.107 e. The molecular weight excluding hydrogens is 372 g/mol. The van der Waals surface area contributed by atoms with Gasteiger partial charge in [0.05, 0.1) is 3.79 Å². The summed E-state index contributed by atoms with van der Waals surface area (Å²) in [6.45, 7) is 0.829. The fourth-order valence-corrected chi connectivity index (χ4v) is 4.16. The van der Waals surface area contributed by atoms with E-state index in [1.54, 1.807) is 23.1 Å². The van der Waals surface area contributed by atoms with Crippen molar-refractivity contribution < 1.29 is 0 Å². The first-order valence-electron chi connectivity index (χ1n) is 5.93. The van der Waals surface area contributed by atoms with Gasteiger partial charge in [0.2, 0.25) is 0 Å². The number of rotatable bonds is 5. The molecule has 0 aliphatic rings. The first kappa shape index (κ1) is 15.8. The number of nitrogens with two attached hydrogens (primary N) is 1. The number of anilines is 1. The van der Waals surface area contributed by atoms with Gasteiger partial charge in [-0.05, 0) is 51.3 Å². The quantitative estimate of drug-likeness (QED) is 0.604. The van der Waals surface area contributed by atoms with Crippen LogP contribution < -0.4 is 10.6 Å². The zero-order chi connectivity index (χ0) is 14.7. The molecular formula is C14H15BrN2S3. The molecule has 2 rings (SSSR count). The van der Waals surface area contributed by atoms with Gasteiger partial charge in [0.1, 0.15) is 4.99 Å². The maximum absolute atomic E-state index is 5.91. The van der Waals surface area contributed by atoms with Gasteiger partial charge in [-0.15, -0.1) is 23.1 Å². The molecule has 0 saturated carbocycles. The molecule has 2 nitrogen and oxygen atoms in total. The van der Waals surface area contributed by atoms with Gasteiger partial charge in [-0.3, -0.25) is 0 Å². The van der Waals surface area contributed by atoms with Crippen LogP contribution in [0.4, 0.5) is 5.69 Å². The molecule has 0 amide bonds. The van der Waals surface area contributed by atoms with Crippen LogP contribution in [0.25, 0.3) is 0 Å². The first-order chi connectivity index (χ1) is 9.52. The molecule has 0 saturated heterocycles. The molecule has 0 aliphatic heterocycles. The lowest BCUT2D eigenvalue weighted by molar-refractivity contribution is 0.923. The lowest BCUT2D eigenvalue weighted by atomic mass is 10.1. The average Bonchev–Trinajstić information content (AvgIpc) is 2.82. The van der Waals surface area contributed by atoms with Crippen LogP contribution in [-0.4, -0.2) is 18.3 Å². The van der Waals surface area contributed by atoms with Gasteiger partial charge in [0.25, 0.3) is 0 Å². The predicted molar refractivity (Wildman–Crippen MR) is 98.2 cm³/mol. The Kier molecular flexibility index (Phi) is 5.49. The summed E-state index contributed by atoms with van der Waals surface area (Å²) in [5.74, 6) is 0. The van der Waals surface area contributed by atoms with Crippen LogP contribution in [0.3, 0.4) is 0 Å². The highest BCUT2D eigenvalue weighted by Crippen LogP contribution is 2.30. The number of hydrogen-bond acceptors (Lipinski definition) is 4. The number of halogens is 1. The molecule has 0 bridgehead atoms. The van der Waals surface area contributed by atoms with Crippen molar-refractivity contribution in [1.82, 2.24) is 0 Å². The Morgan fingerprint density at radius 2 is 2.25 bits per heavy atom. The van der Waals surface area contributed by atoms with Crippen LogP contribution in [0.5, 0.6) is 0 Å². The molecule has 6 heteroatoms. The van der Waals surface area contributed by atoms with E-state index in [0.717, 1.165) is 26.5 Å². The number of thiophene rings is 1. The van der Waals surface area contributed by atoms with E-state index in [2.05, 4.69) is 51.5 Å². The van der Waals surface area contributed by atoms with Crippen molar-refractivity contribution in [2.45, 2.75) is 11.4 Å². The number of benzene rings is 1. The molecule has 106 valence electrons. The van der Waals surface area contributed by atoms with Gasteiger partial charge < -0.3 is 10.6 Å². The van der Waals surface area contributed by atoms with Crippen LogP contribution in [0.2, 0.25) is 0 Å². The molecule has 2 aromatic rings. The van der Waals surface area contributed by atoms with Gasteiger partial charge in [-0.1, -0.05) is 18.3 Å². The summed E-state index contributed by atoms with van der Waals surface area (Å²) in [7, 11) is 2.06. The smallest absolute Gasteiger partial charge is 0.107 e. The van der Waals surface area contributed by atoms with Crippen LogP contribution in [-0.2, 0) is 6.54 Å². The van der Waals surface area contributed by atoms with Crippen molar-refractivity contribution in [3.8, 4) is 0 Å². The number of thiocarbonyl (C=S) groups is 1. The molecule has 1 aromatic heterocycles. The summed E-state index contributed by atoms with van der Waals surface area (Å²) in [6.07, 6.45) is 2.04. The minimum absolute atomic E-state index is 0.447. The fraction of sp³-hybridized carbons (Fsp3) is 0.214. The zero-order valence-corrected chi connectivity index (χ0v) is 15.3. The SMILES string of the molecule is CSc1cccc(N(C)Cc2csc(Br)c2)c1C(N)=S. The van der Waals surface area contributed by atoms with E-state index >= 15 is 0 Å². The summed E-state index contributed by atoms with van der Waals surface area (Å²) < 4.78 is 1.15. The standard InChI is InChI=1S/C14H15BrN2S3/c1-17(7-9-6-12(15)20-8-9)10-4-3-5-11(19-2)13(10)14(16)18/h3-6,8H,7H2,1-2H3,(H2,16,18). The minimum Gasteiger partial charge on any atom is -0.389 e. The second-order valence-corrected chi connectivity index (χ2v) is 7.91. The van der Waals surface area contributed by atoms with Crippen molar-refractivity contribution in [3.63, 3.8) is 0 Å². The normalized spacial score (nSPS) is 10.6. The number of hydrogen-bond donors (Lipinski definition) is 1. The van der Waals surface area contributed by atoms with Crippen LogP contribution in [0.1, 0.15) is 11.1 Å². The third-order valence-electron chi connectivity index (χ3n) is 2.92. The summed E-state index contributed by atoms with van der Waals surface area (Å²) in [4.78, 5) is 3.75. The van der Waals surface area contributed by atoms with Gasteiger partial charge in [0.15, 0.2) is 0 Å². The van der Waals surface area contributed by atoms with E-state index in [0.29, 0.717) is 4.99 Å². The molecule has 1 aromatic carbocycles. The Bertz CT molecular complexity index is 625. The van der Waals surface area contributed by atoms with Crippen LogP contribution >= 0.6 is 51.2 Å². The Labute approximate surface area is 141 Å². The predicted octanol–water partition coefficient (Wildman–Crippen LogP) is 4.50. The third-order valence-corrected chi connectivity index (χ3v) is 5.46. The Hall–Kier alpha value is -0.560. The number of nitrogens with zero attached hydrogens (tertiary/aromatic N) is 1. The molecule has 20 heavy (non-hydrogen) atoms. The van der Waals surface area contributed by atoms with Crippen LogP contribution in [0.15, 0.2) is 38.3 Å². The van der Waals surface area contributed by atoms with E-state index in [-0.39, 0.29) is 0 Å². The largest absolute Gasteiger partial charge is 0.389 e. The molecule has 0 unspecified atom stereocenters. The first-order valence-corrected chi connectivity index (χ1v) is 9.24. The highest BCUT2D eigenvalue weighted by molar-refractivity contribution is 9.11. The second-order valence-electron chi connectivity index (χ2n) is 4.33. The number of thioether (sulfide) groups is 1. The molecule has 0 aliphatic carbocycles. The summed E-state index contributed by atoms with van der Waals surface area (Å²) >= 11 is 12.1. The molecule has 1 heterocycles. The van der Waals surface area contributed by atoms with E-state index in [9.17, 15) is 0 Å².